The van der Waals surface area contributed by atoms with Crippen LogP contribution in [0, 0.1) is 0 Å². The first-order valence-electron chi connectivity index (χ1n) is 8.66. The fourth-order valence-electron chi connectivity index (χ4n) is 3.15. The average Bonchev–Trinajstić information content (AvgIpc) is 2.72. The van der Waals surface area contributed by atoms with Crippen LogP contribution in [-0.4, -0.2) is 37.2 Å². The lowest BCUT2D eigenvalue weighted by molar-refractivity contribution is 0.101. The molecule has 3 rings (SSSR count). The van der Waals surface area contributed by atoms with Gasteiger partial charge in [-0.15, -0.1) is 0 Å². The number of methoxy groups -OCH3 is 2. The number of hydrogen-bond acceptors (Lipinski definition) is 6. The summed E-state index contributed by atoms with van der Waals surface area (Å²) in [4.78, 5) is 27.0. The van der Waals surface area contributed by atoms with E-state index in [2.05, 4.69) is 0 Å². The van der Waals surface area contributed by atoms with E-state index in [9.17, 15) is 14.7 Å². The van der Waals surface area contributed by atoms with Crippen molar-refractivity contribution < 1.29 is 28.9 Å². The van der Waals surface area contributed by atoms with Gasteiger partial charge in [0.05, 0.1) is 43.3 Å². The molecule has 0 saturated heterocycles. The lowest BCUT2D eigenvalue weighted by Gasteiger charge is -2.35. The summed E-state index contributed by atoms with van der Waals surface area (Å²) in [6.45, 7) is 1.72. The van der Waals surface area contributed by atoms with Crippen LogP contribution in [0.4, 0.5) is 10.5 Å². The van der Waals surface area contributed by atoms with Crippen LogP contribution in [0.3, 0.4) is 0 Å². The molecule has 2 aromatic rings. The van der Waals surface area contributed by atoms with E-state index < -0.39 is 17.9 Å². The number of fused-ring (bicyclic) bond motifs is 1. The lowest BCUT2D eigenvalue weighted by atomic mass is 9.91. The molecule has 1 N–H and O–H groups in total. The van der Waals surface area contributed by atoms with E-state index in [1.165, 1.54) is 25.2 Å². The van der Waals surface area contributed by atoms with Crippen LogP contribution in [0.25, 0.3) is 0 Å². The third-order valence-corrected chi connectivity index (χ3v) is 4.65. The van der Waals surface area contributed by atoms with Crippen molar-refractivity contribution in [3.05, 3.63) is 65.4 Å². The minimum absolute atomic E-state index is 0.0800. The number of benzene rings is 2. The van der Waals surface area contributed by atoms with Gasteiger partial charge in [-0.2, -0.15) is 0 Å². The molecule has 0 aromatic heterocycles. The van der Waals surface area contributed by atoms with Crippen LogP contribution < -0.4 is 14.4 Å². The van der Waals surface area contributed by atoms with Crippen molar-refractivity contribution in [2.75, 3.05) is 19.1 Å². The maximum absolute atomic E-state index is 12.9. The molecule has 0 spiro atoms. The van der Waals surface area contributed by atoms with Gasteiger partial charge in [-0.3, -0.25) is 9.69 Å². The van der Waals surface area contributed by atoms with Crippen molar-refractivity contribution in [3.8, 4) is 11.5 Å². The molecule has 0 aliphatic carbocycles. The molecule has 146 valence electrons. The maximum Gasteiger partial charge on any atom is 0.415 e. The van der Waals surface area contributed by atoms with Gasteiger partial charge >= 0.3 is 6.09 Å². The Bertz CT molecular complexity index is 922. The zero-order valence-electron chi connectivity index (χ0n) is 15.8. The normalized spacial score (nSPS) is 17.2. The minimum atomic E-state index is -0.716. The summed E-state index contributed by atoms with van der Waals surface area (Å²) in [5.74, 6) is 0.329. The molecule has 1 aliphatic heterocycles. The van der Waals surface area contributed by atoms with E-state index in [1.807, 2.05) is 30.3 Å². The Balaban J connectivity index is 2.01. The standard InChI is InChI=1S/C21H21NO6/c1-13-16(11-23)20(24)15-9-18(26-2)19(27-3)10-17(15)22(13)21(25)28-12-14-7-5-4-6-8-14/h4-11,13,23H,12H2,1-3H3. The number of nitrogens with zero attached hydrogens (tertiary/aromatic N) is 1. The van der Waals surface area contributed by atoms with Gasteiger partial charge in [0.15, 0.2) is 17.3 Å². The van der Waals surface area contributed by atoms with Crippen molar-refractivity contribution in [1.82, 2.24) is 0 Å². The fraction of sp³-hybridized carbons (Fsp3) is 0.238. The zero-order valence-corrected chi connectivity index (χ0v) is 15.8. The number of Topliss-reactive ketones (excluding diaryl/α,β-unsaturated/α-hetero) is 1. The number of amides is 1. The van der Waals surface area contributed by atoms with Crippen LogP contribution in [0.1, 0.15) is 22.8 Å². The zero-order chi connectivity index (χ0) is 20.3. The molecule has 7 heteroatoms. The number of aliphatic hydroxyl groups excluding tert-OH is 1. The molecule has 7 nitrogen and oxygen atoms in total. The third-order valence-electron chi connectivity index (χ3n) is 4.65. The van der Waals surface area contributed by atoms with Crippen molar-refractivity contribution in [3.63, 3.8) is 0 Å². The summed E-state index contributed by atoms with van der Waals surface area (Å²) in [5.41, 5.74) is 1.46. The third kappa shape index (κ3) is 3.38. The highest BCUT2D eigenvalue weighted by molar-refractivity contribution is 6.18. The first-order valence-corrected chi connectivity index (χ1v) is 8.66. The average molecular weight is 383 g/mol. The number of ether oxygens (including phenoxy) is 3. The summed E-state index contributed by atoms with van der Waals surface area (Å²) in [6.07, 6.45) is 0.0843. The Kier molecular flexibility index (Phi) is 5.54. The van der Waals surface area contributed by atoms with Crippen molar-refractivity contribution in [2.45, 2.75) is 19.6 Å². The van der Waals surface area contributed by atoms with Crippen molar-refractivity contribution in [1.29, 1.82) is 0 Å². The van der Waals surface area contributed by atoms with Gasteiger partial charge < -0.3 is 19.3 Å². The second-order valence-electron chi connectivity index (χ2n) is 6.22. The molecule has 1 unspecified atom stereocenters. The topological polar surface area (TPSA) is 85.3 Å². The lowest BCUT2D eigenvalue weighted by Crippen LogP contribution is -2.45. The van der Waals surface area contributed by atoms with Gasteiger partial charge in [-0.25, -0.2) is 4.79 Å². The quantitative estimate of drug-likeness (QED) is 0.637. The van der Waals surface area contributed by atoms with E-state index >= 15 is 0 Å². The van der Waals surface area contributed by atoms with Crippen LogP contribution in [-0.2, 0) is 11.3 Å². The predicted molar refractivity (Wildman–Crippen MR) is 103 cm³/mol. The van der Waals surface area contributed by atoms with E-state index in [1.54, 1.807) is 13.0 Å². The van der Waals surface area contributed by atoms with Gasteiger partial charge in [0.2, 0.25) is 0 Å². The van der Waals surface area contributed by atoms with E-state index in [-0.39, 0.29) is 17.7 Å². The molecule has 2 aromatic carbocycles. The van der Waals surface area contributed by atoms with E-state index in [4.69, 9.17) is 14.2 Å². The summed E-state index contributed by atoms with van der Waals surface area (Å²) in [5, 5.41) is 9.57. The highest BCUT2D eigenvalue weighted by Crippen LogP contribution is 2.41. The largest absolute Gasteiger partial charge is 0.515 e. The predicted octanol–water partition coefficient (Wildman–Crippen LogP) is 3.87. The van der Waals surface area contributed by atoms with Gasteiger partial charge in [0, 0.05) is 6.07 Å². The number of anilines is 1. The fourth-order valence-corrected chi connectivity index (χ4v) is 3.15. The smallest absolute Gasteiger partial charge is 0.415 e. The second kappa shape index (κ2) is 8.04. The summed E-state index contributed by atoms with van der Waals surface area (Å²) >= 11 is 0. The number of rotatable bonds is 4. The minimum Gasteiger partial charge on any atom is -0.515 e. The van der Waals surface area contributed by atoms with Crippen LogP contribution in [0.15, 0.2) is 54.3 Å². The Labute approximate surface area is 162 Å². The number of ketones is 1. The molecule has 1 amide bonds. The highest BCUT2D eigenvalue weighted by Gasteiger charge is 2.39. The Hall–Kier alpha value is -3.48. The molecule has 1 atom stereocenters. The molecular formula is C21H21NO6. The number of aliphatic hydroxyl groups is 1. The van der Waals surface area contributed by atoms with Crippen LogP contribution in [0.2, 0.25) is 0 Å². The molecule has 28 heavy (non-hydrogen) atoms. The Morgan fingerprint density at radius 1 is 1.14 bits per heavy atom. The van der Waals surface area contributed by atoms with Crippen molar-refractivity contribution in [2.24, 2.45) is 0 Å². The van der Waals surface area contributed by atoms with Crippen LogP contribution in [0.5, 0.6) is 11.5 Å². The van der Waals surface area contributed by atoms with Gasteiger partial charge in [-0.1, -0.05) is 30.3 Å². The second-order valence-corrected chi connectivity index (χ2v) is 6.22. The molecule has 0 bridgehead atoms. The summed E-state index contributed by atoms with van der Waals surface area (Å²) < 4.78 is 16.0. The van der Waals surface area contributed by atoms with Gasteiger partial charge in [-0.05, 0) is 18.6 Å². The van der Waals surface area contributed by atoms with Crippen molar-refractivity contribution >= 4 is 17.6 Å². The molecule has 0 radical (unpaired) electrons. The highest BCUT2D eigenvalue weighted by atomic mass is 16.6. The maximum atomic E-state index is 12.9. The first-order chi connectivity index (χ1) is 13.5. The number of hydrogen-bond donors (Lipinski definition) is 1. The first kappa shape index (κ1) is 19.3. The summed E-state index contributed by atoms with van der Waals surface area (Å²) in [7, 11) is 2.92. The Morgan fingerprint density at radius 3 is 2.39 bits per heavy atom. The van der Waals surface area contributed by atoms with E-state index in [0.29, 0.717) is 17.2 Å². The molecule has 1 aliphatic rings. The number of carbonyl (C=O) groups is 2. The molecule has 0 saturated carbocycles. The van der Waals surface area contributed by atoms with Gasteiger partial charge in [0.25, 0.3) is 0 Å². The molecule has 1 heterocycles. The monoisotopic (exact) mass is 383 g/mol. The number of carbonyl (C=O) groups excluding carboxylic acids is 2. The SMILES string of the molecule is COc1cc2c(cc1OC)N(C(=O)OCc1ccccc1)C(C)C(=CO)C2=O. The summed E-state index contributed by atoms with van der Waals surface area (Å²) in [6, 6.07) is 11.6. The molecular weight excluding hydrogens is 362 g/mol. The Morgan fingerprint density at radius 2 is 1.79 bits per heavy atom. The van der Waals surface area contributed by atoms with Crippen LogP contribution >= 0.6 is 0 Å². The van der Waals surface area contributed by atoms with E-state index in [0.717, 1.165) is 11.8 Å². The van der Waals surface area contributed by atoms with Gasteiger partial charge in [0.1, 0.15) is 6.61 Å². The molecule has 0 fully saturated rings.